The van der Waals surface area contributed by atoms with Crippen LogP contribution in [-0.4, -0.2) is 29.9 Å². The number of nitrogens with two attached hydrogens (primary N) is 2. The van der Waals surface area contributed by atoms with Crippen LogP contribution in [0.25, 0.3) is 32.9 Å². The van der Waals surface area contributed by atoms with Crippen molar-refractivity contribution >= 4 is 33.3 Å². The molecule has 0 aliphatic heterocycles. The zero-order chi connectivity index (χ0) is 16.7. The first-order chi connectivity index (χ1) is 11.7. The third-order valence-corrected chi connectivity index (χ3v) is 4.42. The van der Waals surface area contributed by atoms with Crippen LogP contribution in [-0.2, 0) is 6.54 Å². The van der Waals surface area contributed by atoms with Gasteiger partial charge in [-0.1, -0.05) is 35.6 Å². The van der Waals surface area contributed by atoms with Gasteiger partial charge in [0.1, 0.15) is 22.8 Å². The summed E-state index contributed by atoms with van der Waals surface area (Å²) in [6.45, 7) is 4.33. The van der Waals surface area contributed by atoms with Gasteiger partial charge in [0.2, 0.25) is 5.13 Å². The van der Waals surface area contributed by atoms with Crippen LogP contribution in [0.4, 0.5) is 10.9 Å². The van der Waals surface area contributed by atoms with Gasteiger partial charge in [-0.15, -0.1) is 10.2 Å². The fourth-order valence-corrected chi connectivity index (χ4v) is 3.13. The normalized spacial score (nSPS) is 11.2. The highest BCUT2D eigenvalue weighted by molar-refractivity contribution is 7.18. The molecule has 4 aromatic rings. The van der Waals surface area contributed by atoms with E-state index in [-0.39, 0.29) is 0 Å². The lowest BCUT2D eigenvalue weighted by Crippen LogP contribution is -1.98. The Balaban J connectivity index is 1.83. The Morgan fingerprint density at radius 1 is 1.04 bits per heavy atom. The second kappa shape index (κ2) is 5.53. The summed E-state index contributed by atoms with van der Waals surface area (Å²) in [4.78, 5) is 8.34. The number of nitrogens with zero attached hydrogens (tertiary/aromatic N) is 6. The standard InChI is InChI=1S/C15H13N8S/c1-2-23-13-10(12(16)18-7-19-13)11(22-23)8-3-5-9(6-4-8)14-20-21-15(17)24-14/h3-7H,1-2H2,(H2,17,21)(H2,16,18,19). The molecule has 8 nitrogen and oxygen atoms in total. The van der Waals surface area contributed by atoms with E-state index in [1.54, 1.807) is 4.68 Å². The molecule has 3 aromatic heterocycles. The summed E-state index contributed by atoms with van der Waals surface area (Å²) in [5.41, 5.74) is 14.9. The van der Waals surface area contributed by atoms with Crippen molar-refractivity contribution in [1.29, 1.82) is 0 Å². The van der Waals surface area contributed by atoms with Gasteiger partial charge >= 0.3 is 0 Å². The Hall–Kier alpha value is -3.07. The number of hydrogen-bond acceptors (Lipinski definition) is 8. The van der Waals surface area contributed by atoms with Crippen LogP contribution < -0.4 is 11.5 Å². The van der Waals surface area contributed by atoms with Crippen LogP contribution in [0.2, 0.25) is 0 Å². The molecule has 24 heavy (non-hydrogen) atoms. The molecular weight excluding hydrogens is 324 g/mol. The van der Waals surface area contributed by atoms with Gasteiger partial charge in [0, 0.05) is 17.7 Å². The van der Waals surface area contributed by atoms with Crippen LogP contribution in [0.5, 0.6) is 0 Å². The number of anilines is 2. The van der Waals surface area contributed by atoms with E-state index in [2.05, 4.69) is 32.2 Å². The molecule has 0 bridgehead atoms. The summed E-state index contributed by atoms with van der Waals surface area (Å²) < 4.78 is 1.71. The Bertz CT molecular complexity index is 1020. The zero-order valence-electron chi connectivity index (χ0n) is 12.5. The molecule has 119 valence electrons. The molecule has 3 heterocycles. The van der Waals surface area contributed by atoms with Crippen molar-refractivity contribution in [3.8, 4) is 21.8 Å². The summed E-state index contributed by atoms with van der Waals surface area (Å²) in [5, 5.41) is 14.4. The van der Waals surface area contributed by atoms with E-state index in [9.17, 15) is 0 Å². The Morgan fingerprint density at radius 3 is 2.46 bits per heavy atom. The second-order valence-electron chi connectivity index (χ2n) is 5.05. The average molecular weight is 337 g/mol. The molecule has 0 atom stereocenters. The van der Waals surface area contributed by atoms with Gasteiger partial charge in [0.25, 0.3) is 0 Å². The van der Waals surface area contributed by atoms with E-state index in [4.69, 9.17) is 11.5 Å². The monoisotopic (exact) mass is 337 g/mol. The fraction of sp³-hybridized carbons (Fsp3) is 0.0667. The van der Waals surface area contributed by atoms with Crippen molar-refractivity contribution in [2.75, 3.05) is 11.5 Å². The quantitative estimate of drug-likeness (QED) is 0.586. The van der Waals surface area contributed by atoms with E-state index in [1.165, 1.54) is 17.7 Å². The highest BCUT2D eigenvalue weighted by Gasteiger charge is 2.16. The SMILES string of the molecule is [CH2]Cn1nc(-c2ccc(-c3nnc(N)s3)cc2)c2c(N)ncnc21. The predicted molar refractivity (Wildman–Crippen MR) is 93.8 cm³/mol. The number of benzene rings is 1. The minimum absolute atomic E-state index is 0.399. The molecular formula is C15H13N8S. The summed E-state index contributed by atoms with van der Waals surface area (Å²) in [7, 11) is 0. The minimum atomic E-state index is 0.399. The van der Waals surface area contributed by atoms with Crippen molar-refractivity contribution in [3.05, 3.63) is 37.5 Å². The number of rotatable bonds is 3. The molecule has 1 aromatic carbocycles. The summed E-state index contributed by atoms with van der Waals surface area (Å²) in [6, 6.07) is 7.80. The molecule has 9 heteroatoms. The van der Waals surface area contributed by atoms with Gasteiger partial charge in [0.05, 0.1) is 5.39 Å². The van der Waals surface area contributed by atoms with Crippen molar-refractivity contribution < 1.29 is 0 Å². The van der Waals surface area contributed by atoms with Crippen LogP contribution in [0, 0.1) is 6.92 Å². The van der Waals surface area contributed by atoms with E-state index in [1.807, 2.05) is 24.3 Å². The van der Waals surface area contributed by atoms with Crippen LogP contribution >= 0.6 is 11.3 Å². The largest absolute Gasteiger partial charge is 0.383 e. The average Bonchev–Trinajstić information content (AvgIpc) is 3.19. The third kappa shape index (κ3) is 2.26. The van der Waals surface area contributed by atoms with Crippen molar-refractivity contribution in [2.24, 2.45) is 0 Å². The molecule has 0 aliphatic rings. The smallest absolute Gasteiger partial charge is 0.203 e. The van der Waals surface area contributed by atoms with Crippen molar-refractivity contribution in [2.45, 2.75) is 6.54 Å². The molecule has 0 spiro atoms. The first-order valence-electron chi connectivity index (χ1n) is 7.13. The number of aromatic nitrogens is 6. The molecule has 4 N–H and O–H groups in total. The van der Waals surface area contributed by atoms with E-state index >= 15 is 0 Å². The Labute approximate surface area is 141 Å². The number of hydrogen-bond donors (Lipinski definition) is 2. The van der Waals surface area contributed by atoms with Crippen LogP contribution in [0.1, 0.15) is 0 Å². The van der Waals surface area contributed by atoms with Gasteiger partial charge in [0.15, 0.2) is 5.65 Å². The topological polar surface area (TPSA) is 121 Å². The lowest BCUT2D eigenvalue weighted by molar-refractivity contribution is 0.719. The maximum atomic E-state index is 6.03. The fourth-order valence-electron chi connectivity index (χ4n) is 2.51. The van der Waals surface area contributed by atoms with Gasteiger partial charge in [-0.3, -0.25) is 0 Å². The predicted octanol–water partition coefficient (Wildman–Crippen LogP) is 2.01. The maximum absolute atomic E-state index is 6.03. The molecule has 4 rings (SSSR count). The zero-order valence-corrected chi connectivity index (χ0v) is 13.4. The Morgan fingerprint density at radius 2 is 1.79 bits per heavy atom. The Kier molecular flexibility index (Phi) is 3.35. The van der Waals surface area contributed by atoms with Gasteiger partial charge in [-0.25, -0.2) is 14.6 Å². The number of fused-ring (bicyclic) bond motifs is 1. The van der Waals surface area contributed by atoms with Crippen LogP contribution in [0.15, 0.2) is 30.6 Å². The van der Waals surface area contributed by atoms with Gasteiger partial charge in [-0.05, 0) is 6.92 Å². The molecule has 0 saturated heterocycles. The van der Waals surface area contributed by atoms with Gasteiger partial charge < -0.3 is 11.5 Å². The van der Waals surface area contributed by atoms with Crippen molar-refractivity contribution in [3.63, 3.8) is 0 Å². The van der Waals surface area contributed by atoms with Gasteiger partial charge in [-0.2, -0.15) is 5.10 Å². The van der Waals surface area contributed by atoms with Crippen molar-refractivity contribution in [1.82, 2.24) is 29.9 Å². The first-order valence-corrected chi connectivity index (χ1v) is 7.95. The summed E-state index contributed by atoms with van der Waals surface area (Å²) >= 11 is 1.34. The lowest BCUT2D eigenvalue weighted by Gasteiger charge is -2.01. The number of nitrogen functional groups attached to an aromatic ring is 2. The third-order valence-electron chi connectivity index (χ3n) is 3.62. The van der Waals surface area contributed by atoms with E-state index < -0.39 is 0 Å². The maximum Gasteiger partial charge on any atom is 0.203 e. The molecule has 0 fully saturated rings. The van der Waals surface area contributed by atoms with E-state index in [0.717, 1.165) is 27.2 Å². The minimum Gasteiger partial charge on any atom is -0.383 e. The summed E-state index contributed by atoms with van der Waals surface area (Å²) in [5.74, 6) is 0.399. The molecule has 0 aliphatic carbocycles. The molecule has 0 saturated carbocycles. The molecule has 1 radical (unpaired) electrons. The second-order valence-corrected chi connectivity index (χ2v) is 6.06. The molecule has 0 amide bonds. The highest BCUT2D eigenvalue weighted by Crippen LogP contribution is 2.32. The lowest BCUT2D eigenvalue weighted by atomic mass is 10.1. The highest BCUT2D eigenvalue weighted by atomic mass is 32.1. The van der Waals surface area contributed by atoms with E-state index in [0.29, 0.717) is 23.1 Å². The molecule has 0 unspecified atom stereocenters. The summed E-state index contributed by atoms with van der Waals surface area (Å²) in [6.07, 6.45) is 1.43. The van der Waals surface area contributed by atoms with Crippen LogP contribution in [0.3, 0.4) is 0 Å². The first kappa shape index (κ1) is 14.5.